The first-order valence-corrected chi connectivity index (χ1v) is 6.97. The van der Waals surface area contributed by atoms with Gasteiger partial charge in [0.05, 0.1) is 19.8 Å². The molecule has 5 nitrogen and oxygen atoms in total. The van der Waals surface area contributed by atoms with Crippen LogP contribution in [0.15, 0.2) is 18.2 Å². The highest BCUT2D eigenvalue weighted by Gasteiger charge is 2.19. The van der Waals surface area contributed by atoms with Crippen molar-refractivity contribution in [2.45, 2.75) is 26.3 Å². The molecule has 0 saturated heterocycles. The zero-order chi connectivity index (χ0) is 14.5. The number of carboxylic acid groups (broad SMARTS) is 1. The SMILES string of the molecule is CCN(CC(=O)O)C(C)c1ccc2c(c1)OCCCO2. The molecular weight excluding hydrogens is 258 g/mol. The molecule has 0 aliphatic carbocycles. The van der Waals surface area contributed by atoms with Crippen LogP contribution in [0.3, 0.4) is 0 Å². The average molecular weight is 279 g/mol. The Labute approximate surface area is 119 Å². The van der Waals surface area contributed by atoms with E-state index in [0.717, 1.165) is 23.5 Å². The van der Waals surface area contributed by atoms with Crippen molar-refractivity contribution < 1.29 is 19.4 Å². The number of aliphatic carboxylic acids is 1. The standard InChI is InChI=1S/C15H21NO4/c1-3-16(10-15(17)18)11(2)12-5-6-13-14(9-12)20-8-4-7-19-13/h5-6,9,11H,3-4,7-8,10H2,1-2H3,(H,17,18). The fourth-order valence-electron chi connectivity index (χ4n) is 2.35. The molecular formula is C15H21NO4. The zero-order valence-corrected chi connectivity index (χ0v) is 12.0. The van der Waals surface area contributed by atoms with Gasteiger partial charge >= 0.3 is 5.97 Å². The van der Waals surface area contributed by atoms with Gasteiger partial charge in [-0.1, -0.05) is 13.0 Å². The number of carboxylic acids is 1. The number of likely N-dealkylation sites (N-methyl/N-ethyl adjacent to an activating group) is 1. The van der Waals surface area contributed by atoms with Crippen LogP contribution < -0.4 is 9.47 Å². The normalized spacial score (nSPS) is 15.8. The van der Waals surface area contributed by atoms with Gasteiger partial charge in [0.25, 0.3) is 0 Å². The second kappa shape index (κ2) is 6.61. The molecule has 20 heavy (non-hydrogen) atoms. The van der Waals surface area contributed by atoms with Crippen LogP contribution >= 0.6 is 0 Å². The van der Waals surface area contributed by atoms with Gasteiger partial charge in [-0.2, -0.15) is 0 Å². The molecule has 1 atom stereocenters. The molecule has 1 unspecified atom stereocenters. The lowest BCUT2D eigenvalue weighted by molar-refractivity contribution is -0.138. The molecule has 1 aromatic carbocycles. The Balaban J connectivity index is 2.19. The highest BCUT2D eigenvalue weighted by Crippen LogP contribution is 2.33. The van der Waals surface area contributed by atoms with E-state index in [1.165, 1.54) is 0 Å². The van der Waals surface area contributed by atoms with Gasteiger partial charge < -0.3 is 14.6 Å². The van der Waals surface area contributed by atoms with Gasteiger partial charge in [0, 0.05) is 12.5 Å². The van der Waals surface area contributed by atoms with Crippen molar-refractivity contribution in [3.8, 4) is 11.5 Å². The molecule has 1 aliphatic rings. The second-order valence-corrected chi connectivity index (χ2v) is 4.89. The molecule has 5 heteroatoms. The summed E-state index contributed by atoms with van der Waals surface area (Å²) in [6.07, 6.45) is 0.875. The minimum atomic E-state index is -0.812. The van der Waals surface area contributed by atoms with Gasteiger partial charge in [0.1, 0.15) is 0 Å². The van der Waals surface area contributed by atoms with E-state index in [-0.39, 0.29) is 12.6 Å². The molecule has 0 fully saturated rings. The first kappa shape index (κ1) is 14.7. The number of fused-ring (bicyclic) bond motifs is 1. The molecule has 110 valence electrons. The molecule has 1 heterocycles. The monoisotopic (exact) mass is 279 g/mol. The van der Waals surface area contributed by atoms with E-state index in [1.54, 1.807) is 0 Å². The van der Waals surface area contributed by atoms with Crippen LogP contribution in [0.25, 0.3) is 0 Å². The topological polar surface area (TPSA) is 59.0 Å². The molecule has 0 spiro atoms. The molecule has 1 aliphatic heterocycles. The number of nitrogens with zero attached hydrogens (tertiary/aromatic N) is 1. The van der Waals surface area contributed by atoms with Gasteiger partial charge in [-0.3, -0.25) is 9.69 Å². The largest absolute Gasteiger partial charge is 0.490 e. The maximum Gasteiger partial charge on any atom is 0.317 e. The summed E-state index contributed by atoms with van der Waals surface area (Å²) in [5.41, 5.74) is 1.04. The van der Waals surface area contributed by atoms with E-state index in [4.69, 9.17) is 14.6 Å². The first-order chi connectivity index (χ1) is 9.61. The fraction of sp³-hybridized carbons (Fsp3) is 0.533. The summed E-state index contributed by atoms with van der Waals surface area (Å²) in [5, 5.41) is 8.95. The van der Waals surface area contributed by atoms with Gasteiger partial charge in [-0.05, 0) is 31.2 Å². The summed E-state index contributed by atoms with van der Waals surface area (Å²) in [6, 6.07) is 5.85. The number of rotatable bonds is 5. The quantitative estimate of drug-likeness (QED) is 0.896. The third-order valence-corrected chi connectivity index (χ3v) is 3.55. The summed E-state index contributed by atoms with van der Waals surface area (Å²) in [4.78, 5) is 12.8. The van der Waals surface area contributed by atoms with E-state index >= 15 is 0 Å². The maximum atomic E-state index is 10.9. The Hall–Kier alpha value is -1.75. The molecule has 1 N–H and O–H groups in total. The lowest BCUT2D eigenvalue weighted by Gasteiger charge is -2.26. The lowest BCUT2D eigenvalue weighted by Crippen LogP contribution is -2.32. The summed E-state index contributed by atoms with van der Waals surface area (Å²) >= 11 is 0. The van der Waals surface area contributed by atoms with Crippen molar-refractivity contribution in [2.75, 3.05) is 26.3 Å². The molecule has 0 bridgehead atoms. The van der Waals surface area contributed by atoms with Crippen molar-refractivity contribution in [1.29, 1.82) is 0 Å². The van der Waals surface area contributed by atoms with Crippen molar-refractivity contribution in [1.82, 2.24) is 4.90 Å². The van der Waals surface area contributed by atoms with E-state index in [0.29, 0.717) is 19.8 Å². The molecule has 0 aromatic heterocycles. The maximum absolute atomic E-state index is 10.9. The number of benzene rings is 1. The Morgan fingerprint density at radius 2 is 2.05 bits per heavy atom. The third kappa shape index (κ3) is 3.42. The number of ether oxygens (including phenoxy) is 2. The Kier molecular flexibility index (Phi) is 4.84. The van der Waals surface area contributed by atoms with Crippen LogP contribution in [0.5, 0.6) is 11.5 Å². The number of carbonyl (C=O) groups is 1. The Morgan fingerprint density at radius 1 is 1.35 bits per heavy atom. The molecule has 1 aromatic rings. The number of hydrogen-bond acceptors (Lipinski definition) is 4. The van der Waals surface area contributed by atoms with Crippen LogP contribution in [-0.2, 0) is 4.79 Å². The molecule has 0 amide bonds. The summed E-state index contributed by atoms with van der Waals surface area (Å²) in [6.45, 7) is 6.00. The highest BCUT2D eigenvalue weighted by molar-refractivity contribution is 5.69. The second-order valence-electron chi connectivity index (χ2n) is 4.89. The minimum absolute atomic E-state index is 0.0215. The predicted octanol–water partition coefficient (Wildman–Crippen LogP) is 2.32. The predicted molar refractivity (Wildman–Crippen MR) is 75.3 cm³/mol. The van der Waals surface area contributed by atoms with Crippen molar-refractivity contribution in [3.05, 3.63) is 23.8 Å². The smallest absolute Gasteiger partial charge is 0.317 e. The van der Waals surface area contributed by atoms with Crippen LogP contribution in [0.2, 0.25) is 0 Å². The summed E-state index contributed by atoms with van der Waals surface area (Å²) in [5.74, 6) is 0.700. The van der Waals surface area contributed by atoms with Gasteiger partial charge in [0.2, 0.25) is 0 Å². The Bertz CT molecular complexity index is 475. The van der Waals surface area contributed by atoms with Crippen LogP contribution in [0, 0.1) is 0 Å². The molecule has 2 rings (SSSR count). The van der Waals surface area contributed by atoms with Gasteiger partial charge in [-0.15, -0.1) is 0 Å². The zero-order valence-electron chi connectivity index (χ0n) is 12.0. The van der Waals surface area contributed by atoms with E-state index in [2.05, 4.69) is 0 Å². The average Bonchev–Trinajstić information content (AvgIpc) is 2.68. The van der Waals surface area contributed by atoms with E-state index < -0.39 is 5.97 Å². The van der Waals surface area contributed by atoms with E-state index in [1.807, 2.05) is 36.9 Å². The molecule has 0 saturated carbocycles. The third-order valence-electron chi connectivity index (χ3n) is 3.55. The van der Waals surface area contributed by atoms with Crippen molar-refractivity contribution in [3.63, 3.8) is 0 Å². The van der Waals surface area contributed by atoms with Crippen LogP contribution in [-0.4, -0.2) is 42.3 Å². The lowest BCUT2D eigenvalue weighted by atomic mass is 10.1. The Morgan fingerprint density at radius 3 is 2.70 bits per heavy atom. The van der Waals surface area contributed by atoms with Gasteiger partial charge in [-0.25, -0.2) is 0 Å². The number of hydrogen-bond donors (Lipinski definition) is 1. The summed E-state index contributed by atoms with van der Waals surface area (Å²) in [7, 11) is 0. The van der Waals surface area contributed by atoms with Crippen molar-refractivity contribution >= 4 is 5.97 Å². The van der Waals surface area contributed by atoms with Gasteiger partial charge in [0.15, 0.2) is 11.5 Å². The molecule has 0 radical (unpaired) electrons. The van der Waals surface area contributed by atoms with Crippen LogP contribution in [0.4, 0.5) is 0 Å². The summed E-state index contributed by atoms with van der Waals surface area (Å²) < 4.78 is 11.3. The van der Waals surface area contributed by atoms with Crippen LogP contribution in [0.1, 0.15) is 31.9 Å². The minimum Gasteiger partial charge on any atom is -0.490 e. The van der Waals surface area contributed by atoms with Crippen molar-refractivity contribution in [2.24, 2.45) is 0 Å². The first-order valence-electron chi connectivity index (χ1n) is 6.97. The highest BCUT2D eigenvalue weighted by atomic mass is 16.5. The fourth-order valence-corrected chi connectivity index (χ4v) is 2.35. The van der Waals surface area contributed by atoms with E-state index in [9.17, 15) is 4.79 Å².